The van der Waals surface area contributed by atoms with E-state index < -0.39 is 48.0 Å². The van der Waals surface area contributed by atoms with Gasteiger partial charge in [0.25, 0.3) is 11.8 Å². The third kappa shape index (κ3) is 4.54. The van der Waals surface area contributed by atoms with Crippen LogP contribution in [0.1, 0.15) is 27.7 Å². The monoisotopic (exact) mass is 332 g/mol. The van der Waals surface area contributed by atoms with Gasteiger partial charge in [-0.05, 0) is 27.7 Å². The lowest BCUT2D eigenvalue weighted by Crippen LogP contribution is -2.62. The summed E-state index contributed by atoms with van der Waals surface area (Å²) in [5, 5.41) is 21.2. The van der Waals surface area contributed by atoms with Crippen molar-refractivity contribution >= 4 is 11.8 Å². The topological polar surface area (TPSA) is 98.7 Å². The fourth-order valence-electron chi connectivity index (χ4n) is 1.12. The maximum Gasteiger partial charge on any atom is 0.395 e. The summed E-state index contributed by atoms with van der Waals surface area (Å²) >= 11 is 0. The number of alkyl halides is 4. The van der Waals surface area contributed by atoms with Crippen LogP contribution in [0.25, 0.3) is 0 Å². The van der Waals surface area contributed by atoms with E-state index in [4.69, 9.17) is 10.2 Å². The molecule has 0 aromatic heterocycles. The van der Waals surface area contributed by atoms with Crippen molar-refractivity contribution < 1.29 is 37.4 Å². The zero-order chi connectivity index (χ0) is 17.9. The van der Waals surface area contributed by atoms with Crippen LogP contribution < -0.4 is 10.6 Å². The zero-order valence-corrected chi connectivity index (χ0v) is 12.5. The highest BCUT2D eigenvalue weighted by molar-refractivity contribution is 5.95. The smallest absolute Gasteiger partial charge is 0.391 e. The summed E-state index contributed by atoms with van der Waals surface area (Å²) in [7, 11) is 0. The van der Waals surface area contributed by atoms with Crippen molar-refractivity contribution in [2.45, 2.75) is 63.8 Å². The van der Waals surface area contributed by atoms with Crippen molar-refractivity contribution in [3.63, 3.8) is 0 Å². The number of carbonyl (C=O) groups is 2. The molecule has 0 radical (unpaired) electrons. The zero-order valence-electron chi connectivity index (χ0n) is 12.5. The van der Waals surface area contributed by atoms with E-state index in [0.717, 1.165) is 27.7 Å². The summed E-state index contributed by atoms with van der Waals surface area (Å²) in [5.41, 5.74) is 0. The number of hydrogen-bond donors (Lipinski definition) is 4. The Morgan fingerprint density at radius 3 is 1.18 bits per heavy atom. The van der Waals surface area contributed by atoms with Gasteiger partial charge in [0.15, 0.2) is 0 Å². The van der Waals surface area contributed by atoms with E-state index >= 15 is 0 Å². The lowest BCUT2D eigenvalue weighted by Gasteiger charge is -2.28. The Balaban J connectivity index is 5.14. The summed E-state index contributed by atoms with van der Waals surface area (Å²) in [4.78, 5) is 22.5. The molecule has 130 valence electrons. The van der Waals surface area contributed by atoms with Gasteiger partial charge in [-0.15, -0.1) is 0 Å². The first-order valence-corrected chi connectivity index (χ1v) is 6.48. The van der Waals surface area contributed by atoms with Crippen LogP contribution in [0.3, 0.4) is 0 Å². The Bertz CT molecular complexity index is 378. The Morgan fingerprint density at radius 1 is 0.773 bits per heavy atom. The molecule has 0 aliphatic heterocycles. The normalized spacial score (nSPS) is 18.1. The minimum Gasteiger partial charge on any atom is -0.391 e. The number of nitrogens with one attached hydrogen (secondary N) is 2. The highest BCUT2D eigenvalue weighted by Gasteiger charge is 2.67. The van der Waals surface area contributed by atoms with Crippen molar-refractivity contribution in [3.8, 4) is 0 Å². The van der Waals surface area contributed by atoms with Crippen LogP contribution in [0, 0.1) is 0 Å². The van der Waals surface area contributed by atoms with E-state index in [1.54, 1.807) is 0 Å². The van der Waals surface area contributed by atoms with Gasteiger partial charge in [0.2, 0.25) is 0 Å². The van der Waals surface area contributed by atoms with Crippen molar-refractivity contribution in [2.24, 2.45) is 0 Å². The molecule has 10 heteroatoms. The lowest BCUT2D eigenvalue weighted by atomic mass is 10.1. The van der Waals surface area contributed by atoms with Gasteiger partial charge in [0.1, 0.15) is 0 Å². The summed E-state index contributed by atoms with van der Waals surface area (Å²) in [6.45, 7) is 4.59. The molecule has 0 aliphatic carbocycles. The van der Waals surface area contributed by atoms with Crippen LogP contribution in [-0.4, -0.2) is 58.2 Å². The molecule has 0 saturated carbocycles. The minimum atomic E-state index is -5.32. The maximum absolute atomic E-state index is 13.6. The van der Waals surface area contributed by atoms with Crippen LogP contribution in [0.15, 0.2) is 0 Å². The largest absolute Gasteiger partial charge is 0.395 e. The van der Waals surface area contributed by atoms with Crippen LogP contribution in [0.5, 0.6) is 0 Å². The van der Waals surface area contributed by atoms with Gasteiger partial charge < -0.3 is 20.8 Å². The molecule has 4 atom stereocenters. The Morgan fingerprint density at radius 2 is 1.00 bits per heavy atom. The van der Waals surface area contributed by atoms with Gasteiger partial charge in [-0.25, -0.2) is 0 Å². The van der Waals surface area contributed by atoms with Gasteiger partial charge in [-0.3, -0.25) is 9.59 Å². The molecule has 0 rings (SSSR count). The molecule has 0 fully saturated rings. The first-order valence-electron chi connectivity index (χ1n) is 6.48. The first-order chi connectivity index (χ1) is 9.75. The van der Waals surface area contributed by atoms with E-state index in [1.807, 2.05) is 0 Å². The predicted octanol–water partition coefficient (Wildman–Crippen LogP) is 0.0280. The number of aliphatic hydroxyl groups is 2. The summed E-state index contributed by atoms with van der Waals surface area (Å²) < 4.78 is 54.2. The quantitative estimate of drug-likeness (QED) is 0.494. The number of aliphatic hydroxyl groups excluding tert-OH is 2. The summed E-state index contributed by atoms with van der Waals surface area (Å²) in [6, 6.07) is -2.43. The fraction of sp³-hybridized carbons (Fsp3) is 0.833. The molecule has 0 spiro atoms. The van der Waals surface area contributed by atoms with Crippen molar-refractivity contribution in [3.05, 3.63) is 0 Å². The Kier molecular flexibility index (Phi) is 6.76. The maximum atomic E-state index is 13.6. The average molecular weight is 332 g/mol. The molecule has 2 amide bonds. The molecule has 0 heterocycles. The van der Waals surface area contributed by atoms with E-state index in [0.29, 0.717) is 0 Å². The molecule has 0 aromatic carbocycles. The fourth-order valence-corrected chi connectivity index (χ4v) is 1.12. The molecule has 0 unspecified atom stereocenters. The summed E-state index contributed by atoms with van der Waals surface area (Å²) in [6.07, 6.45) is -2.50. The lowest BCUT2D eigenvalue weighted by molar-refractivity contribution is -0.212. The van der Waals surface area contributed by atoms with Gasteiger partial charge in [-0.1, -0.05) is 0 Å². The molecular formula is C12H20F4N2O4. The second-order valence-electron chi connectivity index (χ2n) is 5.15. The number of hydrogen-bond acceptors (Lipinski definition) is 4. The SMILES string of the molecule is C[C@H](O)[C@H](C)NC(=O)C(F)(F)C(F)(F)C(=O)N[C@H](C)[C@@H](C)O. The molecule has 0 aliphatic rings. The van der Waals surface area contributed by atoms with E-state index in [1.165, 1.54) is 10.6 Å². The van der Waals surface area contributed by atoms with Crippen molar-refractivity contribution in [1.29, 1.82) is 0 Å². The van der Waals surface area contributed by atoms with Crippen LogP contribution in [-0.2, 0) is 9.59 Å². The van der Waals surface area contributed by atoms with E-state index in [9.17, 15) is 27.2 Å². The van der Waals surface area contributed by atoms with Gasteiger partial charge in [0, 0.05) is 0 Å². The molecule has 6 nitrogen and oxygen atoms in total. The molecule has 0 saturated heterocycles. The molecular weight excluding hydrogens is 312 g/mol. The van der Waals surface area contributed by atoms with Crippen molar-refractivity contribution in [2.75, 3.05) is 0 Å². The van der Waals surface area contributed by atoms with Crippen molar-refractivity contribution in [1.82, 2.24) is 10.6 Å². The molecule has 22 heavy (non-hydrogen) atoms. The van der Waals surface area contributed by atoms with Crippen LogP contribution in [0.4, 0.5) is 17.6 Å². The number of halogens is 4. The highest BCUT2D eigenvalue weighted by Crippen LogP contribution is 2.35. The molecule has 4 N–H and O–H groups in total. The number of rotatable bonds is 7. The standard InChI is InChI=1S/C12H20F4N2O4/c1-5(7(3)19)17-9(21)11(13,14)12(15,16)10(22)18-6(2)8(4)20/h5-8,19-20H,1-4H3,(H,17,21)(H,18,22)/t5-,6+,7-,8+. The van der Waals surface area contributed by atoms with Gasteiger partial charge in [0.05, 0.1) is 24.3 Å². The predicted molar refractivity (Wildman–Crippen MR) is 68.5 cm³/mol. The molecule has 0 bridgehead atoms. The van der Waals surface area contributed by atoms with Crippen LogP contribution >= 0.6 is 0 Å². The second-order valence-corrected chi connectivity index (χ2v) is 5.15. The number of carbonyl (C=O) groups excluding carboxylic acids is 2. The summed E-state index contributed by atoms with van der Waals surface area (Å²) in [5.74, 6) is -15.4. The minimum absolute atomic E-state index is 1.13. The van der Waals surface area contributed by atoms with Gasteiger partial charge in [-0.2, -0.15) is 17.6 Å². The van der Waals surface area contributed by atoms with E-state index in [2.05, 4.69) is 0 Å². The van der Waals surface area contributed by atoms with Crippen LogP contribution in [0.2, 0.25) is 0 Å². The average Bonchev–Trinajstić information content (AvgIpc) is 2.37. The third-order valence-corrected chi connectivity index (χ3v) is 3.13. The van der Waals surface area contributed by atoms with Gasteiger partial charge >= 0.3 is 11.8 Å². The second kappa shape index (κ2) is 7.23. The Hall–Kier alpha value is -1.42. The number of amides is 2. The molecule has 0 aromatic rings. The van der Waals surface area contributed by atoms with E-state index in [-0.39, 0.29) is 0 Å². The third-order valence-electron chi connectivity index (χ3n) is 3.13. The first kappa shape index (κ1) is 20.6. The highest BCUT2D eigenvalue weighted by atomic mass is 19.3. The Labute approximate surface area is 124 Å².